The number of ether oxygens (including phenoxy) is 2. The Balaban J connectivity index is 2.07. The molecule has 1 fully saturated rings. The fourth-order valence-electron chi connectivity index (χ4n) is 2.93. The number of thiophene rings is 1. The van der Waals surface area contributed by atoms with Crippen LogP contribution in [-0.4, -0.2) is 55.2 Å². The van der Waals surface area contributed by atoms with Gasteiger partial charge in [0.15, 0.2) is 0 Å². The Morgan fingerprint density at radius 2 is 2.00 bits per heavy atom. The van der Waals surface area contributed by atoms with Crippen LogP contribution in [0.25, 0.3) is 0 Å². The van der Waals surface area contributed by atoms with Gasteiger partial charge in [-0.2, -0.15) is 0 Å². The number of esters is 1. The van der Waals surface area contributed by atoms with Crippen LogP contribution in [0.3, 0.4) is 0 Å². The lowest BCUT2D eigenvalue weighted by molar-refractivity contribution is -0.121. The molecule has 0 saturated carbocycles. The lowest BCUT2D eigenvalue weighted by atomic mass is 10.1. The first-order chi connectivity index (χ1) is 11.8. The molecular weight excluding hydrogens is 340 g/mol. The largest absolute Gasteiger partial charge is 0.462 e. The first-order valence-corrected chi connectivity index (χ1v) is 9.60. The van der Waals surface area contributed by atoms with Crippen molar-refractivity contribution >= 4 is 28.2 Å². The topological polar surface area (TPSA) is 67.9 Å². The Labute approximate surface area is 153 Å². The highest BCUT2D eigenvalue weighted by Gasteiger charge is 2.25. The number of carbonyl (C=O) groups excluding carboxylic acids is 2. The summed E-state index contributed by atoms with van der Waals surface area (Å²) < 4.78 is 10.8. The zero-order chi connectivity index (χ0) is 18.6. The first kappa shape index (κ1) is 19.9. The second kappa shape index (κ2) is 8.78. The normalized spacial score (nSPS) is 21.4. The molecule has 140 valence electrons. The summed E-state index contributed by atoms with van der Waals surface area (Å²) in [5.74, 6) is -0.233. The van der Waals surface area contributed by atoms with Crippen LogP contribution in [0.2, 0.25) is 0 Å². The molecule has 7 heteroatoms. The Kier molecular flexibility index (Phi) is 6.98. The molecule has 6 nitrogen and oxygen atoms in total. The fourth-order valence-corrected chi connectivity index (χ4v) is 4.00. The van der Waals surface area contributed by atoms with Gasteiger partial charge in [-0.05, 0) is 32.8 Å². The molecular formula is C18H28N2O4S. The van der Waals surface area contributed by atoms with Crippen LogP contribution in [0.15, 0.2) is 6.07 Å². The minimum absolute atomic E-state index is 0.112. The summed E-state index contributed by atoms with van der Waals surface area (Å²) >= 11 is 1.44. The van der Waals surface area contributed by atoms with Gasteiger partial charge in [-0.3, -0.25) is 9.69 Å². The van der Waals surface area contributed by atoms with Crippen LogP contribution in [0, 0.1) is 0 Å². The predicted molar refractivity (Wildman–Crippen MR) is 99.4 cm³/mol. The third kappa shape index (κ3) is 5.52. The van der Waals surface area contributed by atoms with Crippen molar-refractivity contribution in [2.24, 2.45) is 0 Å². The molecule has 1 amide bonds. The molecule has 0 bridgehead atoms. The smallest absolute Gasteiger partial charge is 0.341 e. The molecule has 25 heavy (non-hydrogen) atoms. The van der Waals surface area contributed by atoms with E-state index in [1.54, 1.807) is 6.92 Å². The van der Waals surface area contributed by atoms with Gasteiger partial charge in [-0.25, -0.2) is 4.79 Å². The predicted octanol–water partition coefficient (Wildman–Crippen LogP) is 3.10. The van der Waals surface area contributed by atoms with E-state index in [1.807, 2.05) is 19.9 Å². The number of hydrogen-bond donors (Lipinski definition) is 1. The van der Waals surface area contributed by atoms with Crippen molar-refractivity contribution < 1.29 is 19.1 Å². The van der Waals surface area contributed by atoms with Crippen molar-refractivity contribution in [1.29, 1.82) is 0 Å². The van der Waals surface area contributed by atoms with Gasteiger partial charge < -0.3 is 14.8 Å². The maximum atomic E-state index is 12.5. The van der Waals surface area contributed by atoms with Crippen molar-refractivity contribution in [1.82, 2.24) is 4.90 Å². The van der Waals surface area contributed by atoms with Gasteiger partial charge in [0, 0.05) is 18.0 Å². The Morgan fingerprint density at radius 3 is 2.56 bits per heavy atom. The van der Waals surface area contributed by atoms with Gasteiger partial charge in [0.1, 0.15) is 5.00 Å². The van der Waals surface area contributed by atoms with Crippen molar-refractivity contribution in [2.45, 2.75) is 52.7 Å². The molecule has 2 rings (SSSR count). The van der Waals surface area contributed by atoms with Crippen LogP contribution in [-0.2, 0) is 14.3 Å². The highest BCUT2D eigenvalue weighted by Crippen LogP contribution is 2.33. The molecule has 0 spiro atoms. The van der Waals surface area contributed by atoms with E-state index in [-0.39, 0.29) is 30.6 Å². The van der Waals surface area contributed by atoms with Crippen LogP contribution >= 0.6 is 11.3 Å². The van der Waals surface area contributed by atoms with Gasteiger partial charge in [0.25, 0.3) is 0 Å². The van der Waals surface area contributed by atoms with E-state index in [9.17, 15) is 9.59 Å². The number of nitrogens with zero attached hydrogens (tertiary/aromatic N) is 1. The Bertz CT molecular complexity index is 604. The lowest BCUT2D eigenvalue weighted by Crippen LogP contribution is -2.48. The minimum Gasteiger partial charge on any atom is -0.462 e. The molecule has 0 aliphatic carbocycles. The number of nitrogens with one attached hydrogen (secondary N) is 1. The van der Waals surface area contributed by atoms with Crippen molar-refractivity contribution in [3.8, 4) is 0 Å². The summed E-state index contributed by atoms with van der Waals surface area (Å²) in [5, 5.41) is 3.47. The average Bonchev–Trinajstić information content (AvgIpc) is 2.90. The van der Waals surface area contributed by atoms with E-state index in [0.29, 0.717) is 17.2 Å². The van der Waals surface area contributed by atoms with Crippen molar-refractivity contribution in [3.05, 3.63) is 16.5 Å². The summed E-state index contributed by atoms with van der Waals surface area (Å²) in [7, 11) is 0. The van der Waals surface area contributed by atoms with Crippen LogP contribution < -0.4 is 5.32 Å². The van der Waals surface area contributed by atoms with E-state index in [1.165, 1.54) is 11.3 Å². The number of carbonyl (C=O) groups is 2. The highest BCUT2D eigenvalue weighted by atomic mass is 32.1. The van der Waals surface area contributed by atoms with E-state index in [2.05, 4.69) is 24.1 Å². The molecule has 0 aromatic carbocycles. The number of hydrogen-bond acceptors (Lipinski definition) is 6. The highest BCUT2D eigenvalue weighted by molar-refractivity contribution is 7.16. The van der Waals surface area contributed by atoms with E-state index >= 15 is 0 Å². The molecule has 1 aliphatic heterocycles. The summed E-state index contributed by atoms with van der Waals surface area (Å²) in [6, 6.07) is 1.82. The summed E-state index contributed by atoms with van der Waals surface area (Å²) in [6.45, 7) is 12.0. The molecule has 1 N–H and O–H groups in total. The molecule has 2 atom stereocenters. The summed E-state index contributed by atoms with van der Waals surface area (Å²) in [4.78, 5) is 27.8. The Hall–Kier alpha value is -1.44. The summed E-state index contributed by atoms with van der Waals surface area (Å²) in [6.07, 6.45) is 0.224. The number of anilines is 1. The van der Waals surface area contributed by atoms with Crippen molar-refractivity contribution in [2.75, 3.05) is 31.6 Å². The lowest BCUT2D eigenvalue weighted by Gasteiger charge is -2.34. The number of morpholine rings is 1. The van der Waals surface area contributed by atoms with Gasteiger partial charge >= 0.3 is 5.97 Å². The average molecular weight is 368 g/mol. The fraction of sp³-hybridized carbons (Fsp3) is 0.667. The standard InChI is InChI=1S/C18H28N2O4S/c1-6-23-18(22)14-7-15(11(2)3)25-17(14)19-16(21)10-20-8-12(4)24-13(5)9-20/h7,11-13H,6,8-10H2,1-5H3,(H,19,21)/t12-,13+. The molecule has 1 saturated heterocycles. The van der Waals surface area contributed by atoms with Gasteiger partial charge in [-0.1, -0.05) is 13.8 Å². The molecule has 1 aliphatic rings. The second-order valence-corrected chi connectivity index (χ2v) is 7.85. The quantitative estimate of drug-likeness (QED) is 0.782. The second-order valence-electron chi connectivity index (χ2n) is 6.77. The third-order valence-corrected chi connectivity index (χ3v) is 5.28. The maximum absolute atomic E-state index is 12.5. The SMILES string of the molecule is CCOC(=O)c1cc(C(C)C)sc1NC(=O)CN1C[C@@H](C)O[C@@H](C)C1. The molecule has 1 aromatic heterocycles. The molecule has 1 aromatic rings. The van der Waals surface area contributed by atoms with Crippen LogP contribution in [0.4, 0.5) is 5.00 Å². The maximum Gasteiger partial charge on any atom is 0.341 e. The Morgan fingerprint density at radius 1 is 1.36 bits per heavy atom. The van der Waals surface area contributed by atoms with Crippen molar-refractivity contribution in [3.63, 3.8) is 0 Å². The van der Waals surface area contributed by atoms with Crippen LogP contribution in [0.5, 0.6) is 0 Å². The van der Waals surface area contributed by atoms with E-state index in [4.69, 9.17) is 9.47 Å². The van der Waals surface area contributed by atoms with Gasteiger partial charge in [0.05, 0.1) is 30.9 Å². The zero-order valence-electron chi connectivity index (χ0n) is 15.6. The first-order valence-electron chi connectivity index (χ1n) is 8.78. The molecule has 2 heterocycles. The molecule has 0 radical (unpaired) electrons. The van der Waals surface area contributed by atoms with Gasteiger partial charge in [-0.15, -0.1) is 11.3 Å². The number of rotatable bonds is 6. The van der Waals surface area contributed by atoms with E-state index in [0.717, 1.165) is 18.0 Å². The summed E-state index contributed by atoms with van der Waals surface area (Å²) in [5.41, 5.74) is 0.438. The zero-order valence-corrected chi connectivity index (χ0v) is 16.4. The monoisotopic (exact) mass is 368 g/mol. The van der Waals surface area contributed by atoms with E-state index < -0.39 is 5.97 Å². The van der Waals surface area contributed by atoms with Gasteiger partial charge in [0.2, 0.25) is 5.91 Å². The third-order valence-electron chi connectivity index (χ3n) is 3.93. The number of amides is 1. The molecule has 0 unspecified atom stereocenters. The van der Waals surface area contributed by atoms with Crippen LogP contribution in [0.1, 0.15) is 55.8 Å². The minimum atomic E-state index is -0.394.